The average molecular weight is 452 g/mol. The molecule has 2 aliphatic rings. The van der Waals surface area contributed by atoms with Crippen molar-refractivity contribution in [3.63, 3.8) is 0 Å². The van der Waals surface area contributed by atoms with Crippen LogP contribution >= 0.6 is 15.9 Å². The first-order chi connectivity index (χ1) is 13.6. The lowest BCUT2D eigenvalue weighted by Gasteiger charge is -2.34. The number of carboxylic acid groups (broad SMARTS) is 1. The summed E-state index contributed by atoms with van der Waals surface area (Å²) in [7, 11) is 0. The minimum absolute atomic E-state index is 0.0606. The molecule has 0 spiro atoms. The van der Waals surface area contributed by atoms with Gasteiger partial charge in [-0.1, -0.05) is 0 Å². The zero-order valence-electron chi connectivity index (χ0n) is 15.3. The first kappa shape index (κ1) is 19.5. The Balaban J connectivity index is 1.45. The summed E-state index contributed by atoms with van der Waals surface area (Å²) in [4.78, 5) is 22.4. The van der Waals surface area contributed by atoms with Gasteiger partial charge in [-0.2, -0.15) is 0 Å². The van der Waals surface area contributed by atoms with E-state index < -0.39 is 5.97 Å². The van der Waals surface area contributed by atoms with Crippen LogP contribution in [0.25, 0.3) is 11.0 Å². The Hall–Kier alpha value is -1.81. The quantitative estimate of drug-likeness (QED) is 0.741. The number of ether oxygens (including phenoxy) is 3. The van der Waals surface area contributed by atoms with Crippen LogP contribution in [-0.2, 0) is 14.2 Å². The Morgan fingerprint density at radius 2 is 2.21 bits per heavy atom. The number of rotatable bonds is 5. The third-order valence-electron chi connectivity index (χ3n) is 4.90. The second-order valence-electron chi connectivity index (χ2n) is 6.93. The molecule has 150 valence electrons. The molecule has 4 rings (SSSR count). The van der Waals surface area contributed by atoms with Gasteiger partial charge in [0.15, 0.2) is 6.29 Å². The Morgan fingerprint density at radius 3 is 3.00 bits per heavy atom. The van der Waals surface area contributed by atoms with Crippen molar-refractivity contribution in [3.05, 3.63) is 28.4 Å². The Kier molecular flexibility index (Phi) is 6.05. The van der Waals surface area contributed by atoms with Gasteiger partial charge in [0.25, 0.3) is 0 Å². The van der Waals surface area contributed by atoms with Crippen molar-refractivity contribution in [2.24, 2.45) is 0 Å². The lowest BCUT2D eigenvalue weighted by atomic mass is 10.2. The summed E-state index contributed by atoms with van der Waals surface area (Å²) in [6.45, 7) is 3.18. The van der Waals surface area contributed by atoms with Crippen molar-refractivity contribution in [2.75, 3.05) is 37.8 Å². The second kappa shape index (κ2) is 8.69. The van der Waals surface area contributed by atoms with E-state index in [1.807, 2.05) is 0 Å². The molecule has 0 amide bonds. The molecule has 0 aliphatic carbocycles. The normalized spacial score (nSPS) is 23.1. The van der Waals surface area contributed by atoms with Crippen LogP contribution in [0.5, 0.6) is 0 Å². The van der Waals surface area contributed by atoms with Gasteiger partial charge in [-0.05, 0) is 47.3 Å². The average Bonchev–Trinajstić information content (AvgIpc) is 2.73. The summed E-state index contributed by atoms with van der Waals surface area (Å²) in [5.41, 5.74) is 1.35. The summed E-state index contributed by atoms with van der Waals surface area (Å²) < 4.78 is 17.9. The predicted octanol–water partition coefficient (Wildman–Crippen LogP) is 2.84. The summed E-state index contributed by atoms with van der Waals surface area (Å²) in [5.74, 6) is -0.259. The van der Waals surface area contributed by atoms with Crippen LogP contribution in [0.3, 0.4) is 0 Å². The van der Waals surface area contributed by atoms with E-state index in [9.17, 15) is 9.90 Å². The number of hydrogen-bond donors (Lipinski definition) is 1. The van der Waals surface area contributed by atoms with Crippen molar-refractivity contribution in [1.82, 2.24) is 9.97 Å². The summed E-state index contributed by atoms with van der Waals surface area (Å²) in [6.07, 6.45) is 4.64. The molecule has 3 heterocycles. The fourth-order valence-electron chi connectivity index (χ4n) is 3.43. The molecule has 2 aliphatic heterocycles. The number of hydrogen-bond acceptors (Lipinski definition) is 7. The number of fused-ring (bicyclic) bond motifs is 1. The fraction of sp³-hybridized carbons (Fsp3) is 0.526. The van der Waals surface area contributed by atoms with E-state index >= 15 is 0 Å². The number of aromatic nitrogens is 2. The minimum Gasteiger partial charge on any atom is -0.478 e. The van der Waals surface area contributed by atoms with Gasteiger partial charge in [-0.3, -0.25) is 4.98 Å². The van der Waals surface area contributed by atoms with Crippen LogP contribution in [0.1, 0.15) is 29.6 Å². The van der Waals surface area contributed by atoms with Gasteiger partial charge in [0.05, 0.1) is 36.6 Å². The predicted molar refractivity (Wildman–Crippen MR) is 106 cm³/mol. The van der Waals surface area contributed by atoms with Crippen LogP contribution in [0.2, 0.25) is 0 Å². The molecular formula is C19H22BrN3O5. The number of carbonyl (C=O) groups is 1. The molecule has 0 radical (unpaired) electrons. The molecular weight excluding hydrogens is 430 g/mol. The number of aromatic carboxylic acids is 1. The molecule has 1 aromatic heterocycles. The molecule has 28 heavy (non-hydrogen) atoms. The molecule has 2 aromatic rings. The van der Waals surface area contributed by atoms with Gasteiger partial charge < -0.3 is 24.2 Å². The number of nitrogens with zero attached hydrogens (tertiary/aromatic N) is 3. The van der Waals surface area contributed by atoms with Crippen molar-refractivity contribution in [2.45, 2.75) is 31.7 Å². The van der Waals surface area contributed by atoms with Crippen molar-refractivity contribution in [3.8, 4) is 0 Å². The van der Waals surface area contributed by atoms with Gasteiger partial charge in [0, 0.05) is 24.2 Å². The fourth-order valence-corrected chi connectivity index (χ4v) is 3.96. The zero-order valence-corrected chi connectivity index (χ0v) is 16.9. The highest BCUT2D eigenvalue weighted by Crippen LogP contribution is 2.26. The SMILES string of the molecule is O=C(O)c1cc(Br)c2nc(N3CCO[C@H](COC4CCCCO4)C3)cnc2c1. The Morgan fingerprint density at radius 1 is 1.32 bits per heavy atom. The lowest BCUT2D eigenvalue weighted by Crippen LogP contribution is -2.45. The molecule has 2 saturated heterocycles. The number of morpholine rings is 1. The van der Waals surface area contributed by atoms with E-state index in [4.69, 9.17) is 14.2 Å². The molecule has 1 aromatic carbocycles. The van der Waals surface area contributed by atoms with E-state index in [0.717, 1.165) is 31.7 Å². The van der Waals surface area contributed by atoms with Crippen molar-refractivity contribution in [1.29, 1.82) is 0 Å². The Labute approximate surface area is 170 Å². The first-order valence-electron chi connectivity index (χ1n) is 9.39. The van der Waals surface area contributed by atoms with Crippen molar-refractivity contribution >= 4 is 38.8 Å². The van der Waals surface area contributed by atoms with Gasteiger partial charge in [-0.25, -0.2) is 9.78 Å². The third-order valence-corrected chi connectivity index (χ3v) is 5.51. The van der Waals surface area contributed by atoms with E-state index in [0.29, 0.717) is 41.8 Å². The maximum Gasteiger partial charge on any atom is 0.335 e. The van der Waals surface area contributed by atoms with Crippen LogP contribution in [0.4, 0.5) is 5.82 Å². The Bertz CT molecular complexity index is 859. The molecule has 9 heteroatoms. The standard InChI is InChI=1S/C19H22BrN3O5/c20-14-7-12(19(24)25)8-15-18(14)22-16(9-21-15)23-4-6-26-13(10-23)11-28-17-3-1-2-5-27-17/h7-9,13,17H,1-6,10-11H2,(H,24,25)/t13-,17?/m0/s1. The largest absolute Gasteiger partial charge is 0.478 e. The maximum absolute atomic E-state index is 11.2. The number of halogens is 1. The van der Waals surface area contributed by atoms with Crippen molar-refractivity contribution < 1.29 is 24.1 Å². The molecule has 1 N–H and O–H groups in total. The molecule has 2 fully saturated rings. The smallest absolute Gasteiger partial charge is 0.335 e. The summed E-state index contributed by atoms with van der Waals surface area (Å²) in [5, 5.41) is 9.19. The lowest BCUT2D eigenvalue weighted by molar-refractivity contribution is -0.180. The third kappa shape index (κ3) is 4.43. The highest BCUT2D eigenvalue weighted by Gasteiger charge is 2.24. The second-order valence-corrected chi connectivity index (χ2v) is 7.78. The molecule has 0 saturated carbocycles. The number of anilines is 1. The van der Waals surface area contributed by atoms with E-state index in [2.05, 4.69) is 30.8 Å². The van der Waals surface area contributed by atoms with Crippen LogP contribution in [0.15, 0.2) is 22.8 Å². The van der Waals surface area contributed by atoms with Gasteiger partial charge in [-0.15, -0.1) is 0 Å². The number of carboxylic acids is 1. The summed E-state index contributed by atoms with van der Waals surface area (Å²) >= 11 is 3.41. The van der Waals surface area contributed by atoms with Gasteiger partial charge in [0.1, 0.15) is 11.3 Å². The van der Waals surface area contributed by atoms with E-state index in [-0.39, 0.29) is 18.0 Å². The maximum atomic E-state index is 11.2. The molecule has 1 unspecified atom stereocenters. The van der Waals surface area contributed by atoms with Crippen LogP contribution < -0.4 is 4.90 Å². The summed E-state index contributed by atoms with van der Waals surface area (Å²) in [6, 6.07) is 3.07. The van der Waals surface area contributed by atoms with Gasteiger partial charge >= 0.3 is 5.97 Å². The topological polar surface area (TPSA) is 94.0 Å². The van der Waals surface area contributed by atoms with Crippen LogP contribution in [0, 0.1) is 0 Å². The van der Waals surface area contributed by atoms with E-state index in [1.165, 1.54) is 6.07 Å². The molecule has 2 atom stereocenters. The monoisotopic (exact) mass is 451 g/mol. The highest BCUT2D eigenvalue weighted by molar-refractivity contribution is 9.10. The highest BCUT2D eigenvalue weighted by atomic mass is 79.9. The van der Waals surface area contributed by atoms with Crippen LogP contribution in [-0.4, -0.2) is 66.3 Å². The zero-order chi connectivity index (χ0) is 19.5. The minimum atomic E-state index is -0.994. The number of benzene rings is 1. The van der Waals surface area contributed by atoms with E-state index in [1.54, 1.807) is 12.3 Å². The first-order valence-corrected chi connectivity index (χ1v) is 10.2. The van der Waals surface area contributed by atoms with Gasteiger partial charge in [0.2, 0.25) is 0 Å². The molecule has 0 bridgehead atoms. The molecule has 8 nitrogen and oxygen atoms in total.